The Kier molecular flexibility index (Phi) is 3.03. The van der Waals surface area contributed by atoms with Crippen LogP contribution in [0.2, 0.25) is 0 Å². The summed E-state index contributed by atoms with van der Waals surface area (Å²) in [5, 5.41) is 3.50. The number of aryl methyl sites for hydroxylation is 1. The van der Waals surface area contributed by atoms with E-state index >= 15 is 0 Å². The molecule has 0 fully saturated rings. The first-order valence-electron chi connectivity index (χ1n) is 8.15. The van der Waals surface area contributed by atoms with E-state index < -0.39 is 0 Å². The third-order valence-electron chi connectivity index (χ3n) is 4.32. The third kappa shape index (κ3) is 2.34. The van der Waals surface area contributed by atoms with Crippen molar-refractivity contribution in [2.45, 2.75) is 13.5 Å². The van der Waals surface area contributed by atoms with E-state index in [1.165, 1.54) is 0 Å². The maximum absolute atomic E-state index is 5.45. The molecule has 124 valence electrons. The van der Waals surface area contributed by atoms with Crippen LogP contribution in [0.5, 0.6) is 11.5 Å². The maximum Gasteiger partial charge on any atom is 0.236 e. The number of imidazole rings is 1. The van der Waals surface area contributed by atoms with Crippen LogP contribution in [0, 0.1) is 6.92 Å². The van der Waals surface area contributed by atoms with E-state index in [0.717, 1.165) is 39.6 Å². The fourth-order valence-corrected chi connectivity index (χ4v) is 3.15. The Hall–Kier alpha value is -3.28. The molecule has 2 aromatic carbocycles. The highest BCUT2D eigenvalue weighted by Gasteiger charge is 2.14. The van der Waals surface area contributed by atoms with Gasteiger partial charge in [0.2, 0.25) is 12.6 Å². The molecule has 0 saturated heterocycles. The van der Waals surface area contributed by atoms with Crippen molar-refractivity contribution in [2.24, 2.45) is 0 Å². The number of benzene rings is 2. The summed E-state index contributed by atoms with van der Waals surface area (Å²) >= 11 is 0. The summed E-state index contributed by atoms with van der Waals surface area (Å²) in [6, 6.07) is 16.1. The van der Waals surface area contributed by atoms with Gasteiger partial charge in [0.05, 0.1) is 11.0 Å². The Morgan fingerprint density at radius 3 is 2.88 bits per heavy atom. The molecule has 3 heterocycles. The van der Waals surface area contributed by atoms with Crippen LogP contribution in [0.3, 0.4) is 0 Å². The van der Waals surface area contributed by atoms with Crippen LogP contribution in [0.15, 0.2) is 48.5 Å². The van der Waals surface area contributed by atoms with Crippen molar-refractivity contribution in [1.82, 2.24) is 14.4 Å². The Bertz CT molecular complexity index is 1100. The number of rotatable bonds is 3. The van der Waals surface area contributed by atoms with E-state index in [1.54, 1.807) is 0 Å². The van der Waals surface area contributed by atoms with Crippen molar-refractivity contribution in [3.8, 4) is 11.5 Å². The number of nitrogens with zero attached hydrogens (tertiary/aromatic N) is 3. The molecule has 6 heteroatoms. The fraction of sp³-hybridized carbons (Fsp3) is 0.158. The first kappa shape index (κ1) is 14.1. The molecule has 0 aliphatic carbocycles. The molecular formula is C19H16N4O2. The topological polar surface area (TPSA) is 60.7 Å². The summed E-state index contributed by atoms with van der Waals surface area (Å²) in [5.74, 6) is 3.26. The minimum atomic E-state index is 0.289. The molecule has 1 aliphatic rings. The van der Waals surface area contributed by atoms with Crippen LogP contribution in [-0.4, -0.2) is 21.2 Å². The summed E-state index contributed by atoms with van der Waals surface area (Å²) in [5.41, 5.74) is 4.03. The van der Waals surface area contributed by atoms with Gasteiger partial charge in [-0.2, -0.15) is 0 Å². The Morgan fingerprint density at radius 1 is 1.04 bits per heavy atom. The van der Waals surface area contributed by atoms with Gasteiger partial charge in [-0.05, 0) is 36.8 Å². The highest BCUT2D eigenvalue weighted by molar-refractivity contribution is 5.81. The zero-order chi connectivity index (χ0) is 16.8. The van der Waals surface area contributed by atoms with Crippen molar-refractivity contribution < 1.29 is 9.47 Å². The highest BCUT2D eigenvalue weighted by Crippen LogP contribution is 2.32. The second-order valence-corrected chi connectivity index (χ2v) is 6.06. The molecule has 25 heavy (non-hydrogen) atoms. The summed E-state index contributed by atoms with van der Waals surface area (Å²) in [7, 11) is 0. The van der Waals surface area contributed by atoms with E-state index in [2.05, 4.69) is 25.8 Å². The monoisotopic (exact) mass is 332 g/mol. The van der Waals surface area contributed by atoms with Crippen LogP contribution in [0.4, 0.5) is 5.82 Å². The number of fused-ring (bicyclic) bond motifs is 4. The van der Waals surface area contributed by atoms with Gasteiger partial charge >= 0.3 is 0 Å². The average molecular weight is 332 g/mol. The van der Waals surface area contributed by atoms with Crippen molar-refractivity contribution in [2.75, 3.05) is 12.1 Å². The second kappa shape index (κ2) is 5.37. The molecule has 1 N–H and O–H groups in total. The smallest absolute Gasteiger partial charge is 0.236 e. The second-order valence-electron chi connectivity index (χ2n) is 6.06. The standard InChI is InChI=1S/C19H16N4O2/c1-12-8-18(20-10-13-6-7-16-17(9-13)25-11-24-16)23-15-5-3-2-4-14(15)22-19(23)21-12/h2-9,20H,10-11H2,1H3. The average Bonchev–Trinajstić information content (AvgIpc) is 3.22. The first-order chi connectivity index (χ1) is 12.3. The molecular weight excluding hydrogens is 316 g/mol. The van der Waals surface area contributed by atoms with Crippen LogP contribution < -0.4 is 14.8 Å². The molecule has 1 aliphatic heterocycles. The normalized spacial score (nSPS) is 12.8. The number of hydrogen-bond donors (Lipinski definition) is 1. The zero-order valence-electron chi connectivity index (χ0n) is 13.7. The minimum Gasteiger partial charge on any atom is -0.454 e. The maximum atomic E-state index is 5.45. The summed E-state index contributed by atoms with van der Waals surface area (Å²) in [6.07, 6.45) is 0. The molecule has 0 amide bonds. The molecule has 0 atom stereocenters. The molecule has 0 saturated carbocycles. The number of ether oxygens (including phenoxy) is 2. The SMILES string of the molecule is Cc1cc(NCc2ccc3c(c2)OCO3)n2c(n1)nc1ccccc12. The predicted octanol–water partition coefficient (Wildman–Crippen LogP) is 3.53. The summed E-state index contributed by atoms with van der Waals surface area (Å²) in [4.78, 5) is 9.17. The molecule has 2 aromatic heterocycles. The number of para-hydroxylation sites is 2. The van der Waals surface area contributed by atoms with Gasteiger partial charge in [-0.25, -0.2) is 9.97 Å². The van der Waals surface area contributed by atoms with Crippen molar-refractivity contribution in [3.63, 3.8) is 0 Å². The Balaban J connectivity index is 1.54. The first-order valence-corrected chi connectivity index (χ1v) is 8.15. The van der Waals surface area contributed by atoms with Crippen LogP contribution in [-0.2, 0) is 6.54 Å². The lowest BCUT2D eigenvalue weighted by Gasteiger charge is -2.11. The molecule has 0 unspecified atom stereocenters. The van der Waals surface area contributed by atoms with E-state index in [9.17, 15) is 0 Å². The summed E-state index contributed by atoms with van der Waals surface area (Å²) < 4.78 is 12.9. The van der Waals surface area contributed by atoms with Crippen LogP contribution in [0.1, 0.15) is 11.3 Å². The molecule has 0 radical (unpaired) electrons. The molecule has 6 nitrogen and oxygen atoms in total. The minimum absolute atomic E-state index is 0.289. The highest BCUT2D eigenvalue weighted by atomic mass is 16.7. The quantitative estimate of drug-likeness (QED) is 0.622. The number of aromatic nitrogens is 3. The molecule has 4 aromatic rings. The molecule has 0 spiro atoms. The van der Waals surface area contributed by atoms with Crippen molar-refractivity contribution >= 4 is 22.6 Å². The number of hydrogen-bond acceptors (Lipinski definition) is 5. The van der Waals surface area contributed by atoms with Gasteiger partial charge in [0.1, 0.15) is 5.82 Å². The predicted molar refractivity (Wildman–Crippen MR) is 95.1 cm³/mol. The van der Waals surface area contributed by atoms with Crippen molar-refractivity contribution in [3.05, 3.63) is 59.8 Å². The van der Waals surface area contributed by atoms with Gasteiger partial charge in [-0.3, -0.25) is 4.40 Å². The lowest BCUT2D eigenvalue weighted by molar-refractivity contribution is 0.174. The number of nitrogens with one attached hydrogen (secondary N) is 1. The van der Waals surface area contributed by atoms with Crippen LogP contribution in [0.25, 0.3) is 16.8 Å². The van der Waals surface area contributed by atoms with Gasteiger partial charge in [-0.15, -0.1) is 0 Å². The largest absolute Gasteiger partial charge is 0.454 e. The molecule has 5 rings (SSSR count). The van der Waals surface area contributed by atoms with Gasteiger partial charge in [0.25, 0.3) is 0 Å². The molecule has 0 bridgehead atoms. The Labute approximate surface area is 144 Å². The Morgan fingerprint density at radius 2 is 1.92 bits per heavy atom. The van der Waals surface area contributed by atoms with Gasteiger partial charge in [0, 0.05) is 18.3 Å². The van der Waals surface area contributed by atoms with Gasteiger partial charge in [0.15, 0.2) is 11.5 Å². The van der Waals surface area contributed by atoms with Crippen molar-refractivity contribution in [1.29, 1.82) is 0 Å². The van der Waals surface area contributed by atoms with E-state index in [4.69, 9.17) is 9.47 Å². The van der Waals surface area contributed by atoms with E-state index in [1.807, 2.05) is 49.4 Å². The third-order valence-corrected chi connectivity index (χ3v) is 4.32. The fourth-order valence-electron chi connectivity index (χ4n) is 3.15. The van der Waals surface area contributed by atoms with Gasteiger partial charge < -0.3 is 14.8 Å². The summed E-state index contributed by atoms with van der Waals surface area (Å²) in [6.45, 7) is 2.93. The van der Waals surface area contributed by atoms with E-state index in [0.29, 0.717) is 12.3 Å². The lowest BCUT2D eigenvalue weighted by atomic mass is 10.2. The number of anilines is 1. The lowest BCUT2D eigenvalue weighted by Crippen LogP contribution is -2.06. The van der Waals surface area contributed by atoms with E-state index in [-0.39, 0.29) is 6.79 Å². The van der Waals surface area contributed by atoms with Gasteiger partial charge in [-0.1, -0.05) is 18.2 Å². The zero-order valence-corrected chi connectivity index (χ0v) is 13.7. The van der Waals surface area contributed by atoms with Crippen LogP contribution >= 0.6 is 0 Å².